The van der Waals surface area contributed by atoms with Gasteiger partial charge in [0.1, 0.15) is 6.54 Å². The Bertz CT molecular complexity index is 472. The highest BCUT2D eigenvalue weighted by Gasteiger charge is 2.21. The first kappa shape index (κ1) is 16.1. The number of carbonyl (C=O) groups is 2. The summed E-state index contributed by atoms with van der Waals surface area (Å²) in [6.45, 7) is 5.85. The van der Waals surface area contributed by atoms with Gasteiger partial charge in [0.25, 0.3) is 0 Å². The van der Waals surface area contributed by atoms with Crippen LogP contribution in [-0.4, -0.2) is 39.5 Å². The molecule has 1 rings (SSSR count). The third-order valence-corrected chi connectivity index (χ3v) is 2.81. The van der Waals surface area contributed by atoms with Crippen molar-refractivity contribution in [2.24, 2.45) is 5.73 Å². The van der Waals surface area contributed by atoms with E-state index in [2.05, 4.69) is 15.6 Å². The Balaban J connectivity index is 2.81. The molecule has 1 aromatic rings. The van der Waals surface area contributed by atoms with Crippen molar-refractivity contribution in [3.8, 4) is 0 Å². The van der Waals surface area contributed by atoms with Gasteiger partial charge in [-0.15, -0.1) is 5.10 Å². The summed E-state index contributed by atoms with van der Waals surface area (Å²) in [7, 11) is 0. The molecule has 0 radical (unpaired) electrons. The Kier molecular flexibility index (Phi) is 6.10. The quantitative estimate of drug-likeness (QED) is 0.672. The van der Waals surface area contributed by atoms with E-state index in [-0.39, 0.29) is 37.3 Å². The van der Waals surface area contributed by atoms with Gasteiger partial charge in [0.05, 0.1) is 12.3 Å². The smallest absolute Gasteiger partial charge is 0.360 e. The maximum absolute atomic E-state index is 11.8. The Morgan fingerprint density at radius 2 is 2.15 bits per heavy atom. The lowest BCUT2D eigenvalue weighted by atomic mass is 10.2. The van der Waals surface area contributed by atoms with E-state index in [4.69, 9.17) is 10.5 Å². The van der Waals surface area contributed by atoms with Crippen molar-refractivity contribution in [2.45, 2.75) is 46.3 Å². The molecule has 0 fully saturated rings. The van der Waals surface area contributed by atoms with Gasteiger partial charge in [-0.3, -0.25) is 4.79 Å². The van der Waals surface area contributed by atoms with E-state index in [9.17, 15) is 9.59 Å². The molecule has 1 amide bonds. The van der Waals surface area contributed by atoms with Crippen LogP contribution in [-0.2, 0) is 22.6 Å². The zero-order valence-electron chi connectivity index (χ0n) is 12.0. The summed E-state index contributed by atoms with van der Waals surface area (Å²) in [4.78, 5) is 23.5. The standard InChI is InChI=1S/C12H21N5O3/c1-4-8(3)14-10(18)7-17-9(6-13)11(15-16-17)12(19)20-5-2/h8H,4-7,13H2,1-3H3,(H,14,18). The first-order valence-electron chi connectivity index (χ1n) is 6.62. The number of rotatable bonds is 7. The van der Waals surface area contributed by atoms with E-state index in [1.165, 1.54) is 4.68 Å². The highest BCUT2D eigenvalue weighted by molar-refractivity contribution is 5.88. The first-order valence-corrected chi connectivity index (χ1v) is 6.62. The van der Waals surface area contributed by atoms with Crippen molar-refractivity contribution >= 4 is 11.9 Å². The third kappa shape index (κ3) is 4.02. The van der Waals surface area contributed by atoms with Gasteiger partial charge in [-0.2, -0.15) is 0 Å². The van der Waals surface area contributed by atoms with Gasteiger partial charge < -0.3 is 15.8 Å². The molecular weight excluding hydrogens is 262 g/mol. The second-order valence-corrected chi connectivity index (χ2v) is 4.34. The summed E-state index contributed by atoms with van der Waals surface area (Å²) in [6, 6.07) is 0.0804. The molecule has 1 heterocycles. The van der Waals surface area contributed by atoms with Crippen molar-refractivity contribution in [3.63, 3.8) is 0 Å². The molecule has 1 unspecified atom stereocenters. The molecule has 8 nitrogen and oxygen atoms in total. The maximum atomic E-state index is 11.8. The van der Waals surface area contributed by atoms with Gasteiger partial charge in [-0.1, -0.05) is 12.1 Å². The lowest BCUT2D eigenvalue weighted by Gasteiger charge is -2.12. The number of esters is 1. The van der Waals surface area contributed by atoms with Crippen molar-refractivity contribution in [1.82, 2.24) is 20.3 Å². The number of carbonyl (C=O) groups excluding carboxylic acids is 2. The van der Waals surface area contributed by atoms with Gasteiger partial charge in [-0.05, 0) is 20.3 Å². The molecule has 0 bridgehead atoms. The predicted octanol–water partition coefficient (Wildman–Crippen LogP) is -0.172. The van der Waals surface area contributed by atoms with Crippen molar-refractivity contribution < 1.29 is 14.3 Å². The predicted molar refractivity (Wildman–Crippen MR) is 71.8 cm³/mol. The van der Waals surface area contributed by atoms with Crippen LogP contribution in [0.25, 0.3) is 0 Å². The van der Waals surface area contributed by atoms with E-state index < -0.39 is 5.97 Å². The molecule has 8 heteroatoms. The number of nitrogens with two attached hydrogens (primary N) is 1. The topological polar surface area (TPSA) is 112 Å². The summed E-state index contributed by atoms with van der Waals surface area (Å²) in [5, 5.41) is 10.3. The van der Waals surface area contributed by atoms with Gasteiger partial charge >= 0.3 is 5.97 Å². The number of aromatic nitrogens is 3. The lowest BCUT2D eigenvalue weighted by molar-refractivity contribution is -0.122. The minimum absolute atomic E-state index is 0.0245. The van der Waals surface area contributed by atoms with E-state index >= 15 is 0 Å². The molecule has 0 spiro atoms. The van der Waals surface area contributed by atoms with Crippen LogP contribution in [0.2, 0.25) is 0 Å². The molecule has 0 saturated heterocycles. The van der Waals surface area contributed by atoms with Gasteiger partial charge in [-0.25, -0.2) is 9.48 Å². The minimum atomic E-state index is -0.582. The monoisotopic (exact) mass is 283 g/mol. The Hall–Kier alpha value is -1.96. The fourth-order valence-electron chi connectivity index (χ4n) is 1.58. The van der Waals surface area contributed by atoms with E-state index in [1.54, 1.807) is 6.92 Å². The normalized spacial score (nSPS) is 12.0. The average Bonchev–Trinajstić information content (AvgIpc) is 2.81. The van der Waals surface area contributed by atoms with Gasteiger partial charge in [0, 0.05) is 12.6 Å². The van der Waals surface area contributed by atoms with Crippen LogP contribution in [0, 0.1) is 0 Å². The first-order chi connectivity index (χ1) is 9.53. The van der Waals surface area contributed by atoms with Gasteiger partial charge in [0.2, 0.25) is 5.91 Å². The molecule has 0 aliphatic rings. The van der Waals surface area contributed by atoms with E-state index in [0.29, 0.717) is 5.69 Å². The molecule has 3 N–H and O–H groups in total. The Morgan fingerprint density at radius 1 is 1.45 bits per heavy atom. The number of nitrogens with one attached hydrogen (secondary N) is 1. The third-order valence-electron chi connectivity index (χ3n) is 2.81. The van der Waals surface area contributed by atoms with Crippen LogP contribution in [0.1, 0.15) is 43.4 Å². The zero-order chi connectivity index (χ0) is 15.1. The fourth-order valence-corrected chi connectivity index (χ4v) is 1.58. The molecule has 0 aromatic carbocycles. The van der Waals surface area contributed by atoms with E-state index in [1.807, 2.05) is 13.8 Å². The lowest BCUT2D eigenvalue weighted by Crippen LogP contribution is -2.35. The molecular formula is C12H21N5O3. The number of nitrogens with zero attached hydrogens (tertiary/aromatic N) is 3. The molecule has 112 valence electrons. The van der Waals surface area contributed by atoms with Gasteiger partial charge in [0.15, 0.2) is 5.69 Å². The SMILES string of the molecule is CCOC(=O)c1nnn(CC(=O)NC(C)CC)c1CN. The second kappa shape index (κ2) is 7.59. The number of amides is 1. The van der Waals surface area contributed by atoms with Crippen LogP contribution in [0.3, 0.4) is 0 Å². The van der Waals surface area contributed by atoms with Crippen molar-refractivity contribution in [2.75, 3.05) is 6.61 Å². The maximum Gasteiger partial charge on any atom is 0.360 e. The number of ether oxygens (including phenoxy) is 1. The van der Waals surface area contributed by atoms with E-state index in [0.717, 1.165) is 6.42 Å². The average molecular weight is 283 g/mol. The Morgan fingerprint density at radius 3 is 2.70 bits per heavy atom. The second-order valence-electron chi connectivity index (χ2n) is 4.34. The van der Waals surface area contributed by atoms with Crippen LogP contribution < -0.4 is 11.1 Å². The van der Waals surface area contributed by atoms with Crippen LogP contribution in [0.5, 0.6) is 0 Å². The highest BCUT2D eigenvalue weighted by atomic mass is 16.5. The molecule has 1 atom stereocenters. The van der Waals surface area contributed by atoms with Crippen molar-refractivity contribution in [3.05, 3.63) is 11.4 Å². The summed E-state index contributed by atoms with van der Waals surface area (Å²) in [5.74, 6) is -0.782. The number of hydrogen-bond acceptors (Lipinski definition) is 6. The summed E-state index contributed by atoms with van der Waals surface area (Å²) in [5.41, 5.74) is 6.04. The molecule has 1 aromatic heterocycles. The van der Waals surface area contributed by atoms with Crippen molar-refractivity contribution in [1.29, 1.82) is 0 Å². The van der Waals surface area contributed by atoms with Crippen LogP contribution in [0.4, 0.5) is 0 Å². The summed E-state index contributed by atoms with van der Waals surface area (Å²) < 4.78 is 6.18. The minimum Gasteiger partial charge on any atom is -0.461 e. The molecule has 0 aliphatic carbocycles. The number of hydrogen-bond donors (Lipinski definition) is 2. The highest BCUT2D eigenvalue weighted by Crippen LogP contribution is 2.06. The zero-order valence-corrected chi connectivity index (χ0v) is 12.0. The van der Waals surface area contributed by atoms with Crippen LogP contribution >= 0.6 is 0 Å². The Labute approximate surface area is 117 Å². The molecule has 20 heavy (non-hydrogen) atoms. The molecule has 0 saturated carbocycles. The summed E-state index contributed by atoms with van der Waals surface area (Å²) >= 11 is 0. The molecule has 0 aliphatic heterocycles. The summed E-state index contributed by atoms with van der Waals surface area (Å²) in [6.07, 6.45) is 0.834. The fraction of sp³-hybridized carbons (Fsp3) is 0.667. The largest absolute Gasteiger partial charge is 0.461 e. The van der Waals surface area contributed by atoms with Crippen LogP contribution in [0.15, 0.2) is 0 Å².